The molecule has 6 heteroatoms. The van der Waals surface area contributed by atoms with Gasteiger partial charge in [0.05, 0.1) is 0 Å². The molecule has 1 aromatic carbocycles. The Kier molecular flexibility index (Phi) is 6.74. The van der Waals surface area contributed by atoms with Crippen LogP contribution >= 0.6 is 24.2 Å². The van der Waals surface area contributed by atoms with E-state index in [-0.39, 0.29) is 30.0 Å². The molecule has 1 saturated heterocycles. The summed E-state index contributed by atoms with van der Waals surface area (Å²) in [4.78, 5) is 13.2. The number of rotatable bonds is 6. The number of carbonyl (C=O) groups excluding carboxylic acids is 1. The standard InChI is InChI=1S/C17H23FN2OS.ClH/c18-13-2-4-14(5-3-13)22-11-1-8-20-16(21)15-12-17(15)6-9-19-10-7-17;/h2-5,15,19H,1,6-12H2,(H,20,21);1H. The van der Waals surface area contributed by atoms with Gasteiger partial charge >= 0.3 is 0 Å². The average Bonchev–Trinajstić information content (AvgIpc) is 3.22. The van der Waals surface area contributed by atoms with Crippen molar-refractivity contribution in [1.82, 2.24) is 10.6 Å². The first-order valence-corrected chi connectivity index (χ1v) is 9.05. The van der Waals surface area contributed by atoms with E-state index < -0.39 is 0 Å². The molecule has 1 atom stereocenters. The van der Waals surface area contributed by atoms with Crippen molar-refractivity contribution < 1.29 is 9.18 Å². The largest absolute Gasteiger partial charge is 0.356 e. The quantitative estimate of drug-likeness (QED) is 0.606. The molecule has 2 aliphatic rings. The highest BCUT2D eigenvalue weighted by molar-refractivity contribution is 7.99. The number of thioether (sulfide) groups is 1. The molecule has 3 rings (SSSR count). The van der Waals surface area contributed by atoms with Crippen LogP contribution in [-0.2, 0) is 4.79 Å². The maximum Gasteiger partial charge on any atom is 0.223 e. The summed E-state index contributed by atoms with van der Waals surface area (Å²) in [7, 11) is 0. The minimum Gasteiger partial charge on any atom is -0.356 e. The molecule has 0 radical (unpaired) electrons. The lowest BCUT2D eigenvalue weighted by molar-refractivity contribution is -0.123. The van der Waals surface area contributed by atoms with Crippen molar-refractivity contribution in [1.29, 1.82) is 0 Å². The lowest BCUT2D eigenvalue weighted by atomic mass is 9.92. The Morgan fingerprint density at radius 1 is 1.30 bits per heavy atom. The lowest BCUT2D eigenvalue weighted by Crippen LogP contribution is -2.34. The van der Waals surface area contributed by atoms with Crippen LogP contribution in [0.2, 0.25) is 0 Å². The van der Waals surface area contributed by atoms with Crippen LogP contribution in [0.3, 0.4) is 0 Å². The zero-order chi connectivity index (χ0) is 15.4. The van der Waals surface area contributed by atoms with E-state index in [1.807, 2.05) is 0 Å². The first-order valence-electron chi connectivity index (χ1n) is 8.06. The summed E-state index contributed by atoms with van der Waals surface area (Å²) in [5, 5.41) is 6.44. The van der Waals surface area contributed by atoms with Gasteiger partial charge in [0, 0.05) is 17.4 Å². The molecule has 1 aromatic rings. The van der Waals surface area contributed by atoms with Crippen molar-refractivity contribution in [3.05, 3.63) is 30.1 Å². The number of benzene rings is 1. The van der Waals surface area contributed by atoms with Crippen LogP contribution < -0.4 is 10.6 Å². The van der Waals surface area contributed by atoms with Crippen molar-refractivity contribution in [2.24, 2.45) is 11.3 Å². The molecule has 0 bridgehead atoms. The van der Waals surface area contributed by atoms with Gasteiger partial charge in [0.25, 0.3) is 0 Å². The van der Waals surface area contributed by atoms with Crippen LogP contribution in [0.1, 0.15) is 25.7 Å². The van der Waals surface area contributed by atoms with Gasteiger partial charge in [-0.2, -0.15) is 0 Å². The van der Waals surface area contributed by atoms with E-state index in [1.165, 1.54) is 12.1 Å². The minimum atomic E-state index is -0.201. The first kappa shape index (κ1) is 18.6. The minimum absolute atomic E-state index is 0. The van der Waals surface area contributed by atoms with Crippen LogP contribution in [0, 0.1) is 17.2 Å². The molecule has 3 nitrogen and oxygen atoms in total. The van der Waals surface area contributed by atoms with Crippen molar-refractivity contribution in [2.45, 2.75) is 30.6 Å². The maximum absolute atomic E-state index is 12.8. The molecule has 23 heavy (non-hydrogen) atoms. The highest BCUT2D eigenvalue weighted by atomic mass is 35.5. The Morgan fingerprint density at radius 3 is 2.70 bits per heavy atom. The van der Waals surface area contributed by atoms with Gasteiger partial charge in [-0.05, 0) is 74.2 Å². The van der Waals surface area contributed by atoms with E-state index in [9.17, 15) is 9.18 Å². The Balaban J connectivity index is 0.00000192. The monoisotopic (exact) mass is 358 g/mol. The fourth-order valence-electron chi connectivity index (χ4n) is 3.32. The molecular weight excluding hydrogens is 335 g/mol. The van der Waals surface area contributed by atoms with Crippen molar-refractivity contribution in [3.63, 3.8) is 0 Å². The summed E-state index contributed by atoms with van der Waals surface area (Å²) in [6.45, 7) is 2.84. The van der Waals surface area contributed by atoms with Crippen molar-refractivity contribution in [3.8, 4) is 0 Å². The lowest BCUT2D eigenvalue weighted by Gasteiger charge is -2.23. The third-order valence-electron chi connectivity index (χ3n) is 4.81. The predicted molar refractivity (Wildman–Crippen MR) is 94.6 cm³/mol. The van der Waals surface area contributed by atoms with Gasteiger partial charge in [-0.15, -0.1) is 24.2 Å². The van der Waals surface area contributed by atoms with Crippen molar-refractivity contribution >= 4 is 30.1 Å². The zero-order valence-electron chi connectivity index (χ0n) is 13.1. The molecule has 1 heterocycles. The summed E-state index contributed by atoms with van der Waals surface area (Å²) in [6, 6.07) is 6.55. The number of hydrogen-bond acceptors (Lipinski definition) is 3. The number of nitrogens with one attached hydrogen (secondary N) is 2. The average molecular weight is 359 g/mol. The van der Waals surface area contributed by atoms with E-state index in [1.54, 1.807) is 23.9 Å². The Bertz CT molecular complexity index is 520. The topological polar surface area (TPSA) is 41.1 Å². The van der Waals surface area contributed by atoms with Gasteiger partial charge < -0.3 is 10.6 Å². The molecule has 128 valence electrons. The highest BCUT2D eigenvalue weighted by Gasteiger charge is 2.57. The molecule has 0 aromatic heterocycles. The van der Waals surface area contributed by atoms with Crippen LogP contribution in [0.5, 0.6) is 0 Å². The molecule has 1 aliphatic heterocycles. The van der Waals surface area contributed by atoms with E-state index in [4.69, 9.17) is 0 Å². The van der Waals surface area contributed by atoms with Crippen LogP contribution in [0.25, 0.3) is 0 Å². The molecule has 1 spiro atoms. The van der Waals surface area contributed by atoms with Gasteiger partial charge in [-0.25, -0.2) is 4.39 Å². The smallest absolute Gasteiger partial charge is 0.223 e. The number of amides is 1. The Morgan fingerprint density at radius 2 is 2.00 bits per heavy atom. The summed E-state index contributed by atoms with van der Waals surface area (Å²) < 4.78 is 12.8. The number of carbonyl (C=O) groups is 1. The van der Waals surface area contributed by atoms with Crippen LogP contribution in [-0.4, -0.2) is 31.3 Å². The normalized spacial score (nSPS) is 21.5. The van der Waals surface area contributed by atoms with Gasteiger partial charge in [0.2, 0.25) is 5.91 Å². The SMILES string of the molecule is Cl.O=C(NCCCSc1ccc(F)cc1)C1CC12CCNCC2. The molecule has 1 aliphatic carbocycles. The van der Waals surface area contributed by atoms with Crippen LogP contribution in [0.15, 0.2) is 29.2 Å². The highest BCUT2D eigenvalue weighted by Crippen LogP contribution is 2.58. The zero-order valence-corrected chi connectivity index (χ0v) is 14.8. The number of piperidine rings is 1. The molecular formula is C17H24ClFN2OS. The molecule has 1 saturated carbocycles. The third kappa shape index (κ3) is 4.85. The van der Waals surface area contributed by atoms with Gasteiger partial charge in [0.15, 0.2) is 0 Å². The second-order valence-corrected chi connectivity index (χ2v) is 7.48. The third-order valence-corrected chi connectivity index (χ3v) is 5.91. The van der Waals surface area contributed by atoms with E-state index >= 15 is 0 Å². The summed E-state index contributed by atoms with van der Waals surface area (Å²) >= 11 is 1.70. The second kappa shape index (κ2) is 8.36. The van der Waals surface area contributed by atoms with Gasteiger partial charge in [-0.1, -0.05) is 0 Å². The Hall–Kier alpha value is -0.780. The number of halogens is 2. The molecule has 2 N–H and O–H groups in total. The molecule has 1 unspecified atom stereocenters. The summed E-state index contributed by atoms with van der Waals surface area (Å²) in [6.07, 6.45) is 4.30. The van der Waals surface area contributed by atoms with E-state index in [0.29, 0.717) is 5.41 Å². The van der Waals surface area contributed by atoms with Crippen molar-refractivity contribution in [2.75, 3.05) is 25.4 Å². The van der Waals surface area contributed by atoms with E-state index in [2.05, 4.69) is 10.6 Å². The second-order valence-electron chi connectivity index (χ2n) is 6.32. The fraction of sp³-hybridized carbons (Fsp3) is 0.588. The van der Waals surface area contributed by atoms with Gasteiger partial charge in [0.1, 0.15) is 5.82 Å². The van der Waals surface area contributed by atoms with E-state index in [0.717, 1.165) is 56.0 Å². The first-order chi connectivity index (χ1) is 10.7. The van der Waals surface area contributed by atoms with Gasteiger partial charge in [-0.3, -0.25) is 4.79 Å². The Labute approximate surface area is 147 Å². The molecule has 2 fully saturated rings. The summed E-state index contributed by atoms with van der Waals surface area (Å²) in [5.74, 6) is 1.23. The maximum atomic E-state index is 12.8. The van der Waals surface area contributed by atoms with Crippen LogP contribution in [0.4, 0.5) is 4.39 Å². The number of hydrogen-bond donors (Lipinski definition) is 2. The molecule has 1 amide bonds. The predicted octanol–water partition coefficient (Wildman–Crippen LogP) is 3.24. The fourth-order valence-corrected chi connectivity index (χ4v) is 4.18. The summed E-state index contributed by atoms with van der Waals surface area (Å²) in [5.41, 5.74) is 0.318.